The minimum Gasteiger partial charge on any atom is -0.392 e. The van der Waals surface area contributed by atoms with Gasteiger partial charge in [-0.2, -0.15) is 5.10 Å². The molecular formula is C9H13BrN2O. The molecule has 0 amide bonds. The van der Waals surface area contributed by atoms with Crippen molar-refractivity contribution in [3.05, 3.63) is 15.9 Å². The van der Waals surface area contributed by atoms with Crippen molar-refractivity contribution in [3.63, 3.8) is 0 Å². The first kappa shape index (κ1) is 9.21. The van der Waals surface area contributed by atoms with Gasteiger partial charge in [0.05, 0.1) is 12.3 Å². The highest BCUT2D eigenvalue weighted by atomic mass is 79.9. The fraction of sp³-hybridized carbons (Fsp3) is 0.667. The fourth-order valence-electron chi connectivity index (χ4n) is 1.44. The number of hydrogen-bond donors (Lipinski definition) is 1. The highest BCUT2D eigenvalue weighted by Crippen LogP contribution is 2.32. The number of aliphatic hydroxyl groups is 1. The third-order valence-corrected chi connectivity index (χ3v) is 3.36. The fourth-order valence-corrected chi connectivity index (χ4v) is 2.07. The first-order chi connectivity index (χ1) is 6.22. The maximum absolute atomic E-state index is 9.08. The zero-order valence-electron chi connectivity index (χ0n) is 7.63. The molecule has 0 spiro atoms. The molecule has 0 atom stereocenters. The summed E-state index contributed by atoms with van der Waals surface area (Å²) in [5.41, 5.74) is 1.84. The molecule has 0 radical (unpaired) electrons. The molecule has 0 aromatic carbocycles. The van der Waals surface area contributed by atoms with E-state index in [4.69, 9.17) is 5.11 Å². The van der Waals surface area contributed by atoms with Gasteiger partial charge < -0.3 is 5.11 Å². The summed E-state index contributed by atoms with van der Waals surface area (Å²) in [6.45, 7) is 2.98. The van der Waals surface area contributed by atoms with Crippen molar-refractivity contribution in [2.24, 2.45) is 5.92 Å². The van der Waals surface area contributed by atoms with Crippen LogP contribution < -0.4 is 0 Å². The molecule has 1 fully saturated rings. The molecule has 1 saturated carbocycles. The number of hydrogen-bond acceptors (Lipinski definition) is 2. The maximum atomic E-state index is 9.08. The van der Waals surface area contributed by atoms with Crippen LogP contribution in [0.1, 0.15) is 24.1 Å². The van der Waals surface area contributed by atoms with Gasteiger partial charge in [-0.3, -0.25) is 4.68 Å². The lowest BCUT2D eigenvalue weighted by molar-refractivity contribution is 0.280. The van der Waals surface area contributed by atoms with E-state index < -0.39 is 0 Å². The van der Waals surface area contributed by atoms with Crippen molar-refractivity contribution >= 4 is 15.9 Å². The van der Waals surface area contributed by atoms with Crippen LogP contribution in [0.2, 0.25) is 0 Å². The Kier molecular flexibility index (Phi) is 2.43. The van der Waals surface area contributed by atoms with Crippen molar-refractivity contribution in [2.45, 2.75) is 32.9 Å². The Bertz CT molecular complexity index is 318. The lowest BCUT2D eigenvalue weighted by Gasteiger charge is -2.00. The van der Waals surface area contributed by atoms with E-state index in [1.165, 1.54) is 12.8 Å². The van der Waals surface area contributed by atoms with Gasteiger partial charge in [0, 0.05) is 12.1 Å². The van der Waals surface area contributed by atoms with Crippen LogP contribution >= 0.6 is 15.9 Å². The SMILES string of the molecule is Cc1nn(CC2CC2)c(Br)c1CO. The number of aromatic nitrogens is 2. The van der Waals surface area contributed by atoms with Crippen molar-refractivity contribution in [1.82, 2.24) is 9.78 Å². The number of aryl methyl sites for hydroxylation is 1. The van der Waals surface area contributed by atoms with Crippen molar-refractivity contribution in [1.29, 1.82) is 0 Å². The molecule has 1 aromatic rings. The zero-order valence-corrected chi connectivity index (χ0v) is 9.21. The second-order valence-electron chi connectivity index (χ2n) is 3.64. The second-order valence-corrected chi connectivity index (χ2v) is 4.39. The van der Waals surface area contributed by atoms with E-state index in [-0.39, 0.29) is 6.61 Å². The Morgan fingerprint density at radius 3 is 2.77 bits per heavy atom. The van der Waals surface area contributed by atoms with E-state index in [9.17, 15) is 0 Å². The summed E-state index contributed by atoms with van der Waals surface area (Å²) >= 11 is 3.46. The van der Waals surface area contributed by atoms with E-state index in [0.29, 0.717) is 0 Å². The van der Waals surface area contributed by atoms with E-state index in [0.717, 1.165) is 28.3 Å². The van der Waals surface area contributed by atoms with Crippen molar-refractivity contribution < 1.29 is 5.11 Å². The van der Waals surface area contributed by atoms with E-state index in [1.807, 2.05) is 11.6 Å². The van der Waals surface area contributed by atoms with Gasteiger partial charge in [-0.25, -0.2) is 0 Å². The van der Waals surface area contributed by atoms with Crippen LogP contribution in [0.15, 0.2) is 4.60 Å². The molecule has 1 N–H and O–H groups in total. The van der Waals surface area contributed by atoms with Gasteiger partial charge in [0.15, 0.2) is 0 Å². The molecule has 0 unspecified atom stereocenters. The van der Waals surface area contributed by atoms with Crippen LogP contribution in [-0.4, -0.2) is 14.9 Å². The predicted molar refractivity (Wildman–Crippen MR) is 53.3 cm³/mol. The second kappa shape index (κ2) is 3.42. The van der Waals surface area contributed by atoms with Gasteiger partial charge in [-0.1, -0.05) is 0 Å². The average Bonchev–Trinajstić information content (AvgIpc) is 2.83. The molecule has 4 heteroatoms. The Morgan fingerprint density at radius 1 is 1.62 bits per heavy atom. The number of nitrogens with zero attached hydrogens (tertiary/aromatic N) is 2. The Balaban J connectivity index is 2.23. The quantitative estimate of drug-likeness (QED) is 0.882. The smallest absolute Gasteiger partial charge is 0.109 e. The summed E-state index contributed by atoms with van der Waals surface area (Å²) in [7, 11) is 0. The molecule has 13 heavy (non-hydrogen) atoms. The van der Waals surface area contributed by atoms with Crippen LogP contribution in [-0.2, 0) is 13.2 Å². The summed E-state index contributed by atoms with van der Waals surface area (Å²) in [5, 5.41) is 13.4. The minimum atomic E-state index is 0.0666. The van der Waals surface area contributed by atoms with Gasteiger partial charge in [0.25, 0.3) is 0 Å². The molecule has 1 aliphatic carbocycles. The van der Waals surface area contributed by atoms with Crippen LogP contribution in [0, 0.1) is 12.8 Å². The molecular weight excluding hydrogens is 232 g/mol. The van der Waals surface area contributed by atoms with Crippen LogP contribution in [0.25, 0.3) is 0 Å². The monoisotopic (exact) mass is 244 g/mol. The Hall–Kier alpha value is -0.350. The number of aliphatic hydroxyl groups excluding tert-OH is 1. The standard InChI is InChI=1S/C9H13BrN2O/c1-6-8(5-13)9(10)12(11-6)4-7-2-3-7/h7,13H,2-5H2,1H3. The van der Waals surface area contributed by atoms with Crippen molar-refractivity contribution in [2.75, 3.05) is 0 Å². The maximum Gasteiger partial charge on any atom is 0.109 e. The average molecular weight is 245 g/mol. The third kappa shape index (κ3) is 1.79. The van der Waals surface area contributed by atoms with Gasteiger partial charge in [0.2, 0.25) is 0 Å². The molecule has 72 valence electrons. The Labute approximate surface area is 85.9 Å². The summed E-state index contributed by atoms with van der Waals surface area (Å²) in [6, 6.07) is 0. The minimum absolute atomic E-state index is 0.0666. The van der Waals surface area contributed by atoms with Crippen LogP contribution in [0.5, 0.6) is 0 Å². The highest BCUT2D eigenvalue weighted by Gasteiger charge is 2.24. The van der Waals surface area contributed by atoms with Gasteiger partial charge in [-0.15, -0.1) is 0 Å². The summed E-state index contributed by atoms with van der Waals surface area (Å²) in [5.74, 6) is 0.808. The third-order valence-electron chi connectivity index (χ3n) is 2.47. The first-order valence-corrected chi connectivity index (χ1v) is 5.34. The van der Waals surface area contributed by atoms with Crippen LogP contribution in [0.3, 0.4) is 0 Å². The predicted octanol–water partition coefficient (Wildman–Crippen LogP) is 1.86. The first-order valence-electron chi connectivity index (χ1n) is 4.55. The summed E-state index contributed by atoms with van der Waals surface area (Å²) in [6.07, 6.45) is 2.64. The molecule has 0 saturated heterocycles. The van der Waals surface area contributed by atoms with E-state index in [1.54, 1.807) is 0 Å². The Morgan fingerprint density at radius 2 is 2.31 bits per heavy atom. The summed E-state index contributed by atoms with van der Waals surface area (Å²) in [4.78, 5) is 0. The number of halogens is 1. The molecule has 3 nitrogen and oxygen atoms in total. The van der Waals surface area contributed by atoms with Gasteiger partial charge in [0.1, 0.15) is 4.60 Å². The van der Waals surface area contributed by atoms with Crippen molar-refractivity contribution in [3.8, 4) is 0 Å². The normalized spacial score (nSPS) is 16.5. The lowest BCUT2D eigenvalue weighted by atomic mass is 10.3. The summed E-state index contributed by atoms with van der Waals surface area (Å²) < 4.78 is 2.90. The molecule has 0 aliphatic heterocycles. The van der Waals surface area contributed by atoms with E-state index in [2.05, 4.69) is 21.0 Å². The largest absolute Gasteiger partial charge is 0.392 e. The molecule has 2 rings (SSSR count). The molecule has 1 aromatic heterocycles. The molecule has 0 bridgehead atoms. The highest BCUT2D eigenvalue weighted by molar-refractivity contribution is 9.10. The molecule has 1 aliphatic rings. The molecule has 1 heterocycles. The van der Waals surface area contributed by atoms with Gasteiger partial charge >= 0.3 is 0 Å². The lowest BCUT2D eigenvalue weighted by Crippen LogP contribution is -2.02. The number of rotatable bonds is 3. The van der Waals surface area contributed by atoms with Crippen LogP contribution in [0.4, 0.5) is 0 Å². The topological polar surface area (TPSA) is 38.0 Å². The van der Waals surface area contributed by atoms with Gasteiger partial charge in [-0.05, 0) is 41.6 Å². The van der Waals surface area contributed by atoms with E-state index >= 15 is 0 Å². The zero-order chi connectivity index (χ0) is 9.42.